The van der Waals surface area contributed by atoms with E-state index < -0.39 is 33.5 Å². The Bertz CT molecular complexity index is 1270. The molecule has 2 aliphatic rings. The molecule has 1 fully saturated rings. The van der Waals surface area contributed by atoms with Gasteiger partial charge in [0.05, 0.1) is 19.1 Å². The molecule has 2 N–H and O–H groups in total. The Balaban J connectivity index is 1.40. The van der Waals surface area contributed by atoms with Crippen molar-refractivity contribution in [1.82, 2.24) is 15.1 Å². The molecule has 2 aliphatic heterocycles. The highest BCUT2D eigenvalue weighted by atomic mass is 35.5. The van der Waals surface area contributed by atoms with Gasteiger partial charge in [0.15, 0.2) is 0 Å². The predicted octanol–water partition coefficient (Wildman–Crippen LogP) is 2.19. The summed E-state index contributed by atoms with van der Waals surface area (Å²) in [6.45, 7) is 0.422. The second-order valence-electron chi connectivity index (χ2n) is 8.79. The first kappa shape index (κ1) is 26.9. The minimum atomic E-state index is -3.68. The Labute approximate surface area is 220 Å². The third kappa shape index (κ3) is 6.07. The minimum Gasteiger partial charge on any atom is -0.497 e. The molecule has 0 bridgehead atoms. The maximum Gasteiger partial charge on any atom is 0.328 e. The Morgan fingerprint density at radius 3 is 2.35 bits per heavy atom. The van der Waals surface area contributed by atoms with E-state index in [1.54, 1.807) is 42.5 Å². The summed E-state index contributed by atoms with van der Waals surface area (Å²) >= 11 is 5.92. The van der Waals surface area contributed by atoms with Gasteiger partial charge in [0.1, 0.15) is 23.1 Å². The van der Waals surface area contributed by atoms with Crippen LogP contribution in [0.5, 0.6) is 5.75 Å². The summed E-state index contributed by atoms with van der Waals surface area (Å²) in [4.78, 5) is 31.2. The summed E-state index contributed by atoms with van der Waals surface area (Å²) in [5.74, 6) is -0.551. The van der Waals surface area contributed by atoms with Crippen molar-refractivity contribution in [1.29, 1.82) is 0 Å². The van der Waals surface area contributed by atoms with E-state index in [1.165, 1.54) is 30.7 Å². The number of nitrogens with one attached hydrogen (secondary N) is 2. The van der Waals surface area contributed by atoms with Crippen molar-refractivity contribution in [3.05, 3.63) is 70.9 Å². The number of sulfonamides is 1. The van der Waals surface area contributed by atoms with Crippen LogP contribution in [0.1, 0.15) is 18.4 Å². The number of ether oxygens (including phenoxy) is 2. The van der Waals surface area contributed by atoms with E-state index in [0.717, 1.165) is 5.56 Å². The van der Waals surface area contributed by atoms with Crippen LogP contribution in [0, 0.1) is 0 Å². The lowest BCUT2D eigenvalue weighted by Crippen LogP contribution is -2.46. The van der Waals surface area contributed by atoms with Crippen molar-refractivity contribution >= 4 is 33.5 Å². The van der Waals surface area contributed by atoms with Gasteiger partial charge in [0.2, 0.25) is 10.0 Å². The SMILES string of the molecule is COC(=O)C(Cc1ccc(Cl)cc1)NC(=O)C1=CC2(CCN(S(=O)(=O)c3ccc(OC)cc3)CC2)ON1. The molecule has 37 heavy (non-hydrogen) atoms. The molecule has 198 valence electrons. The third-order valence-corrected chi connectivity index (χ3v) is 8.59. The number of rotatable bonds is 8. The molecular formula is C25H28ClN3O7S. The maximum absolute atomic E-state index is 13.0. The second-order valence-corrected chi connectivity index (χ2v) is 11.2. The standard InChI is InChI=1S/C25H28ClN3O7S/c1-34-19-7-9-20(10-8-19)37(32,33)29-13-11-25(12-14-29)16-22(28-36-25)23(30)27-21(24(31)35-2)15-17-3-5-18(26)6-4-17/h3-10,16,21,28H,11-15H2,1-2H3,(H,27,30). The predicted molar refractivity (Wildman–Crippen MR) is 135 cm³/mol. The largest absolute Gasteiger partial charge is 0.497 e. The number of hydroxylamine groups is 1. The van der Waals surface area contributed by atoms with Gasteiger partial charge in [0.25, 0.3) is 5.91 Å². The fraction of sp³-hybridized carbons (Fsp3) is 0.360. The monoisotopic (exact) mass is 549 g/mol. The highest BCUT2D eigenvalue weighted by molar-refractivity contribution is 7.89. The number of hydrogen-bond donors (Lipinski definition) is 2. The molecule has 4 rings (SSSR count). The normalized spacial score (nSPS) is 18.0. The van der Waals surface area contributed by atoms with Crippen LogP contribution in [-0.2, 0) is 35.6 Å². The average Bonchev–Trinajstić information content (AvgIpc) is 3.32. The number of halogens is 1. The zero-order chi connectivity index (χ0) is 26.6. The van der Waals surface area contributed by atoms with Crippen molar-refractivity contribution in [3.63, 3.8) is 0 Å². The summed E-state index contributed by atoms with van der Waals surface area (Å²) in [6, 6.07) is 12.2. The van der Waals surface area contributed by atoms with Gasteiger partial charge in [-0.15, -0.1) is 0 Å². The van der Waals surface area contributed by atoms with Crippen LogP contribution in [0.3, 0.4) is 0 Å². The lowest BCUT2D eigenvalue weighted by Gasteiger charge is -2.35. The third-order valence-electron chi connectivity index (χ3n) is 6.43. The van der Waals surface area contributed by atoms with Gasteiger partial charge in [-0.1, -0.05) is 23.7 Å². The number of nitrogens with zero attached hydrogens (tertiary/aromatic N) is 1. The molecule has 10 nitrogen and oxygen atoms in total. The molecular weight excluding hydrogens is 522 g/mol. The van der Waals surface area contributed by atoms with Crippen LogP contribution in [0.15, 0.2) is 65.2 Å². The highest BCUT2D eigenvalue weighted by Crippen LogP contribution is 2.34. The van der Waals surface area contributed by atoms with E-state index in [4.69, 9.17) is 25.9 Å². The Kier molecular flexibility index (Phi) is 8.08. The molecule has 12 heteroatoms. The summed E-state index contributed by atoms with van der Waals surface area (Å²) < 4.78 is 37.4. The number of benzene rings is 2. The summed E-state index contributed by atoms with van der Waals surface area (Å²) in [7, 11) is -0.915. The Hall–Kier alpha value is -3.12. The van der Waals surface area contributed by atoms with Crippen LogP contribution >= 0.6 is 11.6 Å². The molecule has 2 heterocycles. The van der Waals surface area contributed by atoms with E-state index in [1.807, 2.05) is 0 Å². The highest BCUT2D eigenvalue weighted by Gasteiger charge is 2.43. The van der Waals surface area contributed by atoms with E-state index in [2.05, 4.69) is 10.8 Å². The zero-order valence-corrected chi connectivity index (χ0v) is 22.0. The van der Waals surface area contributed by atoms with Gasteiger partial charge in [-0.05, 0) is 60.9 Å². The molecule has 0 aromatic heterocycles. The lowest BCUT2D eigenvalue weighted by molar-refractivity contribution is -0.144. The van der Waals surface area contributed by atoms with Gasteiger partial charge in [-0.25, -0.2) is 13.2 Å². The van der Waals surface area contributed by atoms with Gasteiger partial charge >= 0.3 is 5.97 Å². The molecule has 1 amide bonds. The number of esters is 1. The van der Waals surface area contributed by atoms with Crippen molar-refractivity contribution in [2.75, 3.05) is 27.3 Å². The van der Waals surface area contributed by atoms with Crippen LogP contribution in [0.4, 0.5) is 0 Å². The van der Waals surface area contributed by atoms with Crippen molar-refractivity contribution in [2.24, 2.45) is 0 Å². The van der Waals surface area contributed by atoms with Gasteiger partial charge in [0, 0.05) is 24.5 Å². The quantitative estimate of drug-likeness (QED) is 0.480. The molecule has 2 aromatic rings. The molecule has 1 atom stereocenters. The molecule has 1 saturated heterocycles. The Morgan fingerprint density at radius 1 is 1.11 bits per heavy atom. The average molecular weight is 550 g/mol. The van der Waals surface area contributed by atoms with Crippen LogP contribution in [0.25, 0.3) is 0 Å². The molecule has 1 unspecified atom stereocenters. The summed E-state index contributed by atoms with van der Waals surface area (Å²) in [5.41, 5.74) is 2.76. The number of hydrogen-bond acceptors (Lipinski definition) is 8. The van der Waals surface area contributed by atoms with E-state index in [0.29, 0.717) is 23.6 Å². The van der Waals surface area contributed by atoms with E-state index in [9.17, 15) is 18.0 Å². The fourth-order valence-electron chi connectivity index (χ4n) is 4.27. The van der Waals surface area contributed by atoms with Gasteiger partial charge in [-0.3, -0.25) is 15.1 Å². The number of methoxy groups -OCH3 is 2. The van der Waals surface area contributed by atoms with Crippen LogP contribution in [-0.4, -0.2) is 63.6 Å². The molecule has 1 spiro atoms. The molecule has 0 radical (unpaired) electrons. The Morgan fingerprint density at radius 2 is 1.76 bits per heavy atom. The number of carbonyl (C=O) groups excluding carboxylic acids is 2. The number of carbonyl (C=O) groups is 2. The summed E-state index contributed by atoms with van der Waals surface area (Å²) in [6.07, 6.45) is 2.55. The van der Waals surface area contributed by atoms with Crippen LogP contribution < -0.4 is 15.5 Å². The topological polar surface area (TPSA) is 123 Å². The van der Waals surface area contributed by atoms with Gasteiger partial charge in [-0.2, -0.15) is 4.31 Å². The zero-order valence-electron chi connectivity index (χ0n) is 20.4. The van der Waals surface area contributed by atoms with E-state index >= 15 is 0 Å². The van der Waals surface area contributed by atoms with Gasteiger partial charge < -0.3 is 14.8 Å². The first-order chi connectivity index (χ1) is 17.7. The fourth-order valence-corrected chi connectivity index (χ4v) is 5.83. The first-order valence-corrected chi connectivity index (χ1v) is 13.4. The number of piperidine rings is 1. The smallest absolute Gasteiger partial charge is 0.328 e. The van der Waals surface area contributed by atoms with Crippen LogP contribution in [0.2, 0.25) is 5.02 Å². The molecule has 0 aliphatic carbocycles. The van der Waals surface area contributed by atoms with Crippen molar-refractivity contribution in [3.8, 4) is 5.75 Å². The molecule has 0 saturated carbocycles. The second kappa shape index (κ2) is 11.1. The lowest BCUT2D eigenvalue weighted by atomic mass is 9.92. The van der Waals surface area contributed by atoms with E-state index in [-0.39, 0.29) is 30.1 Å². The van der Waals surface area contributed by atoms with Crippen molar-refractivity contribution < 1.29 is 32.3 Å². The number of amides is 1. The first-order valence-electron chi connectivity index (χ1n) is 11.6. The van der Waals surface area contributed by atoms with Crippen molar-refractivity contribution in [2.45, 2.75) is 35.8 Å². The minimum absolute atomic E-state index is 0.150. The summed E-state index contributed by atoms with van der Waals surface area (Å²) in [5, 5.41) is 3.25. The molecule has 2 aromatic carbocycles. The maximum atomic E-state index is 13.0.